The number of carbonyl (C=O) groups excluding carboxylic acids is 2. The molecule has 1 amide bonds. The Balaban J connectivity index is 2.13. The van der Waals surface area contributed by atoms with Gasteiger partial charge in [0.15, 0.2) is 0 Å². The average Bonchev–Trinajstić information content (AvgIpc) is 2.89. The predicted octanol–water partition coefficient (Wildman–Crippen LogP) is 3.69. The number of aliphatic hydroxyl groups is 1. The largest absolute Gasteiger partial charge is 0.444 e. The summed E-state index contributed by atoms with van der Waals surface area (Å²) in [5.41, 5.74) is 1.14. The number of aliphatic hydroxyl groups excluding tert-OH is 1. The topological polar surface area (TPSA) is 75.6 Å². The molecule has 2 N–H and O–H groups in total. The molecule has 3 aliphatic rings. The van der Waals surface area contributed by atoms with E-state index in [4.69, 9.17) is 4.74 Å². The van der Waals surface area contributed by atoms with Crippen LogP contribution in [-0.4, -0.2) is 34.7 Å². The molecule has 5 heteroatoms. The predicted molar refractivity (Wildman–Crippen MR) is 113 cm³/mol. The van der Waals surface area contributed by atoms with Crippen LogP contribution in [0.1, 0.15) is 60.3 Å². The fourth-order valence-corrected chi connectivity index (χ4v) is 5.29. The molecule has 1 saturated heterocycles. The highest BCUT2D eigenvalue weighted by Gasteiger charge is 2.64. The van der Waals surface area contributed by atoms with Gasteiger partial charge in [-0.1, -0.05) is 44.1 Å². The molecule has 0 aromatic heterocycles. The Morgan fingerprint density at radius 1 is 1.28 bits per heavy atom. The monoisotopic (exact) mass is 401 g/mol. The molecule has 1 spiro atoms. The minimum atomic E-state index is -1.24. The first-order valence-corrected chi connectivity index (χ1v) is 10.9. The summed E-state index contributed by atoms with van der Waals surface area (Å²) in [7, 11) is 0. The quantitative estimate of drug-likeness (QED) is 0.547. The van der Waals surface area contributed by atoms with Gasteiger partial charge < -0.3 is 15.2 Å². The molecule has 2 heterocycles. The van der Waals surface area contributed by atoms with Crippen molar-refractivity contribution in [3.05, 3.63) is 35.5 Å². The molecule has 1 fully saturated rings. The van der Waals surface area contributed by atoms with Crippen LogP contribution in [0.2, 0.25) is 0 Å². The van der Waals surface area contributed by atoms with Gasteiger partial charge in [-0.25, -0.2) is 4.79 Å². The number of allylic oxidation sites excluding steroid dienone is 2. The molecular weight excluding hydrogens is 366 g/mol. The van der Waals surface area contributed by atoms with Crippen LogP contribution in [-0.2, 0) is 14.3 Å². The zero-order valence-corrected chi connectivity index (χ0v) is 18.3. The van der Waals surface area contributed by atoms with E-state index in [0.717, 1.165) is 24.8 Å². The van der Waals surface area contributed by atoms with Gasteiger partial charge in [-0.15, -0.1) is 0 Å². The number of hydrogen-bond donors (Lipinski definition) is 2. The third-order valence-corrected chi connectivity index (χ3v) is 6.78. The van der Waals surface area contributed by atoms with Crippen molar-refractivity contribution < 1.29 is 19.4 Å². The van der Waals surface area contributed by atoms with Crippen molar-refractivity contribution in [2.24, 2.45) is 23.7 Å². The lowest BCUT2D eigenvalue weighted by molar-refractivity contribution is -0.172. The third-order valence-electron chi connectivity index (χ3n) is 6.78. The number of carbonyl (C=O) groups is 2. The first-order valence-electron chi connectivity index (χ1n) is 10.9. The lowest BCUT2D eigenvalue weighted by Gasteiger charge is -2.45. The second-order valence-corrected chi connectivity index (χ2v) is 9.51. The normalized spacial score (nSPS) is 41.0. The molecule has 0 unspecified atom stereocenters. The lowest BCUT2D eigenvalue weighted by atomic mass is 9.63. The summed E-state index contributed by atoms with van der Waals surface area (Å²) in [5, 5.41) is 13.3. The molecule has 3 rings (SSSR count). The number of rotatable bonds is 2. The molecule has 0 bridgehead atoms. The van der Waals surface area contributed by atoms with Crippen molar-refractivity contribution in [1.29, 1.82) is 0 Å². The molecule has 160 valence electrons. The summed E-state index contributed by atoms with van der Waals surface area (Å²) in [4.78, 5) is 26.2. The Morgan fingerprint density at radius 3 is 2.69 bits per heavy atom. The maximum absolute atomic E-state index is 13.4. The van der Waals surface area contributed by atoms with Crippen LogP contribution in [0.15, 0.2) is 35.5 Å². The molecule has 0 aromatic rings. The fraction of sp³-hybridized carbons (Fsp3) is 0.667. The van der Waals surface area contributed by atoms with E-state index in [1.54, 1.807) is 0 Å². The van der Waals surface area contributed by atoms with Gasteiger partial charge in [0, 0.05) is 24.0 Å². The first kappa shape index (κ1) is 21.8. The smallest absolute Gasteiger partial charge is 0.331 e. The standard InChI is InChI=1S/C24H35NO4/c1-14(2)11-20-22-17(5)16(4)13-18-12-15(3)7-6-8-19(26)9-10-21(27)29-24(18,22)23(28)25-20/h9-10,12-14,17-20,22,26H,6-8,11H2,1-5H3,(H,25,28)/b10-9+,15-12-/t17-,18+,19-,20-,22+,24-/m0/s1. The van der Waals surface area contributed by atoms with E-state index in [2.05, 4.69) is 52.1 Å². The molecule has 0 aromatic carbocycles. The zero-order valence-electron chi connectivity index (χ0n) is 18.3. The van der Waals surface area contributed by atoms with Crippen molar-refractivity contribution >= 4 is 11.9 Å². The second-order valence-electron chi connectivity index (χ2n) is 9.51. The molecule has 2 aliphatic heterocycles. The van der Waals surface area contributed by atoms with E-state index >= 15 is 0 Å². The van der Waals surface area contributed by atoms with Crippen LogP contribution in [0.5, 0.6) is 0 Å². The van der Waals surface area contributed by atoms with Crippen molar-refractivity contribution in [2.45, 2.75) is 78.0 Å². The molecule has 5 nitrogen and oxygen atoms in total. The van der Waals surface area contributed by atoms with Gasteiger partial charge >= 0.3 is 5.97 Å². The second kappa shape index (κ2) is 8.47. The van der Waals surface area contributed by atoms with E-state index in [1.807, 2.05) is 0 Å². The summed E-state index contributed by atoms with van der Waals surface area (Å²) in [6.07, 6.45) is 9.40. The van der Waals surface area contributed by atoms with Gasteiger partial charge in [0.25, 0.3) is 5.91 Å². The number of nitrogens with one attached hydrogen (secondary N) is 1. The van der Waals surface area contributed by atoms with Crippen LogP contribution in [0, 0.1) is 23.7 Å². The van der Waals surface area contributed by atoms with Crippen molar-refractivity contribution in [1.82, 2.24) is 5.32 Å². The Morgan fingerprint density at radius 2 is 2.00 bits per heavy atom. The highest BCUT2D eigenvalue weighted by Crippen LogP contribution is 2.50. The van der Waals surface area contributed by atoms with E-state index in [1.165, 1.54) is 17.7 Å². The summed E-state index contributed by atoms with van der Waals surface area (Å²) in [6, 6.07) is -0.0346. The van der Waals surface area contributed by atoms with Crippen LogP contribution in [0.3, 0.4) is 0 Å². The third kappa shape index (κ3) is 4.20. The minimum absolute atomic E-state index is 0.0346. The molecule has 0 radical (unpaired) electrons. The number of hydrogen-bond acceptors (Lipinski definition) is 4. The molecule has 6 atom stereocenters. The number of esters is 1. The highest BCUT2D eigenvalue weighted by atomic mass is 16.6. The minimum Gasteiger partial charge on any atom is -0.444 e. The Hall–Kier alpha value is -1.88. The van der Waals surface area contributed by atoms with Gasteiger partial charge in [-0.2, -0.15) is 0 Å². The summed E-state index contributed by atoms with van der Waals surface area (Å²) < 4.78 is 6.04. The first-order chi connectivity index (χ1) is 13.6. The Kier molecular flexibility index (Phi) is 6.37. The average molecular weight is 402 g/mol. The summed E-state index contributed by atoms with van der Waals surface area (Å²) >= 11 is 0. The summed E-state index contributed by atoms with van der Waals surface area (Å²) in [6.45, 7) is 10.6. The van der Waals surface area contributed by atoms with Crippen LogP contribution in [0.25, 0.3) is 0 Å². The SMILES string of the molecule is CC1=C[C@H]2/C=C(/C)CCC[C@H](O)/C=C/C(=O)O[C@@]23C(=O)N[C@@H](CC(C)C)[C@H]3[C@H]1C. The van der Waals surface area contributed by atoms with Crippen LogP contribution < -0.4 is 5.32 Å². The van der Waals surface area contributed by atoms with E-state index in [-0.39, 0.29) is 29.7 Å². The maximum Gasteiger partial charge on any atom is 0.331 e. The number of amides is 1. The Bertz CT molecular complexity index is 750. The molecule has 1 aliphatic carbocycles. The Labute approximate surface area is 174 Å². The lowest BCUT2D eigenvalue weighted by Crippen LogP contribution is -2.56. The van der Waals surface area contributed by atoms with Crippen molar-refractivity contribution in [3.63, 3.8) is 0 Å². The highest BCUT2D eigenvalue weighted by molar-refractivity contribution is 5.94. The van der Waals surface area contributed by atoms with Gasteiger partial charge in [-0.05, 0) is 57.4 Å². The fourth-order valence-electron chi connectivity index (χ4n) is 5.29. The van der Waals surface area contributed by atoms with E-state index in [9.17, 15) is 14.7 Å². The number of ether oxygens (including phenoxy) is 1. The molecule has 29 heavy (non-hydrogen) atoms. The van der Waals surface area contributed by atoms with Crippen molar-refractivity contribution in [3.8, 4) is 0 Å². The van der Waals surface area contributed by atoms with Gasteiger partial charge in [0.2, 0.25) is 5.60 Å². The zero-order chi connectivity index (χ0) is 21.3. The van der Waals surface area contributed by atoms with Crippen LogP contribution in [0.4, 0.5) is 0 Å². The van der Waals surface area contributed by atoms with Crippen molar-refractivity contribution in [2.75, 3.05) is 0 Å². The van der Waals surface area contributed by atoms with Gasteiger partial charge in [0.1, 0.15) is 0 Å². The summed E-state index contributed by atoms with van der Waals surface area (Å²) in [5.74, 6) is -0.632. The molecular formula is C24H35NO4. The maximum atomic E-state index is 13.4. The molecule has 0 saturated carbocycles. The van der Waals surface area contributed by atoms with Gasteiger partial charge in [0.05, 0.1) is 6.10 Å². The van der Waals surface area contributed by atoms with Crippen LogP contribution >= 0.6 is 0 Å². The van der Waals surface area contributed by atoms with E-state index < -0.39 is 17.7 Å². The van der Waals surface area contributed by atoms with E-state index in [0.29, 0.717) is 12.3 Å². The van der Waals surface area contributed by atoms with Gasteiger partial charge in [-0.3, -0.25) is 4.79 Å².